The van der Waals surface area contributed by atoms with E-state index in [1.807, 2.05) is 47.0 Å². The number of aryl methyl sites for hydroxylation is 1. The first-order chi connectivity index (χ1) is 10.1. The van der Waals surface area contributed by atoms with Crippen molar-refractivity contribution >= 4 is 26.6 Å². The molecule has 0 radical (unpaired) electrons. The molecular weight excluding hydrogens is 286 g/mol. The van der Waals surface area contributed by atoms with E-state index in [4.69, 9.17) is 0 Å². The van der Waals surface area contributed by atoms with E-state index >= 15 is 0 Å². The van der Waals surface area contributed by atoms with Gasteiger partial charge in [0, 0.05) is 12.1 Å². The Kier molecular flexibility index (Phi) is 2.56. The number of nitrogens with one attached hydrogen (secondary N) is 1. The fourth-order valence-corrected chi connectivity index (χ4v) is 3.67. The Balaban J connectivity index is 1.88. The van der Waals surface area contributed by atoms with Gasteiger partial charge in [0.25, 0.3) is 0 Å². The highest BCUT2D eigenvalue weighted by Crippen LogP contribution is 2.31. The Bertz CT molecular complexity index is 944. The van der Waals surface area contributed by atoms with Crippen LogP contribution in [0.3, 0.4) is 0 Å². The van der Waals surface area contributed by atoms with Gasteiger partial charge in [0.15, 0.2) is 0 Å². The molecule has 1 aromatic heterocycles. The molecule has 4 rings (SSSR count). The van der Waals surface area contributed by atoms with Gasteiger partial charge in [-0.1, -0.05) is 36.4 Å². The van der Waals surface area contributed by atoms with Gasteiger partial charge in [-0.2, -0.15) is 0 Å². The normalized spacial score (nSPS) is 16.4. The summed E-state index contributed by atoms with van der Waals surface area (Å²) in [5.41, 5.74) is 1.58. The van der Waals surface area contributed by atoms with Crippen LogP contribution < -0.4 is 4.72 Å². The second-order valence-electron chi connectivity index (χ2n) is 5.12. The number of hydrogen-bond donors (Lipinski definition) is 1. The molecule has 2 aromatic carbocycles. The van der Waals surface area contributed by atoms with Crippen LogP contribution in [0.2, 0.25) is 0 Å². The minimum absolute atomic E-state index is 0.0908. The zero-order valence-electron chi connectivity index (χ0n) is 11.2. The number of imidazole rings is 1. The molecule has 21 heavy (non-hydrogen) atoms. The van der Waals surface area contributed by atoms with E-state index in [0.717, 1.165) is 16.3 Å². The SMILES string of the molecule is O=S1(=O)CCn2cnc(-c3ccc4ccccc4c3)c2N1. The zero-order valence-corrected chi connectivity index (χ0v) is 12.0. The predicted octanol–water partition coefficient (Wildman–Crippen LogP) is 2.46. The highest BCUT2D eigenvalue weighted by atomic mass is 32.2. The molecule has 0 atom stereocenters. The van der Waals surface area contributed by atoms with Crippen molar-refractivity contribution in [2.24, 2.45) is 0 Å². The molecule has 0 saturated carbocycles. The largest absolute Gasteiger partial charge is 0.315 e. The van der Waals surface area contributed by atoms with Crippen LogP contribution in [-0.4, -0.2) is 23.7 Å². The summed E-state index contributed by atoms with van der Waals surface area (Å²) < 4.78 is 28.0. The van der Waals surface area contributed by atoms with E-state index in [1.54, 1.807) is 6.33 Å². The molecule has 5 nitrogen and oxygen atoms in total. The topological polar surface area (TPSA) is 64.0 Å². The highest BCUT2D eigenvalue weighted by molar-refractivity contribution is 7.92. The summed E-state index contributed by atoms with van der Waals surface area (Å²) in [5, 5.41) is 2.25. The maximum absolute atomic E-state index is 11.8. The maximum Gasteiger partial charge on any atom is 0.235 e. The summed E-state index contributed by atoms with van der Waals surface area (Å²) in [6.07, 6.45) is 1.68. The van der Waals surface area contributed by atoms with Crippen molar-refractivity contribution in [2.45, 2.75) is 6.54 Å². The summed E-state index contributed by atoms with van der Waals surface area (Å²) in [5.74, 6) is 0.643. The molecule has 1 aliphatic rings. The fraction of sp³-hybridized carbons (Fsp3) is 0.133. The summed E-state index contributed by atoms with van der Waals surface area (Å²) in [4.78, 5) is 4.38. The van der Waals surface area contributed by atoms with Crippen LogP contribution in [-0.2, 0) is 16.6 Å². The molecule has 0 unspecified atom stereocenters. The average molecular weight is 299 g/mol. The van der Waals surface area contributed by atoms with Crippen molar-refractivity contribution in [3.8, 4) is 11.3 Å². The maximum atomic E-state index is 11.8. The Morgan fingerprint density at radius 1 is 1.10 bits per heavy atom. The standard InChI is InChI=1S/C15H13N3O2S/c19-21(20)8-7-18-10-16-14(15(18)17-21)13-6-5-11-3-1-2-4-12(11)9-13/h1-6,9-10,17H,7-8H2. The van der Waals surface area contributed by atoms with Gasteiger partial charge in [-0.25, -0.2) is 13.4 Å². The first kappa shape index (κ1) is 12.4. The first-order valence-corrected chi connectivity index (χ1v) is 8.32. The highest BCUT2D eigenvalue weighted by Gasteiger charge is 2.24. The monoisotopic (exact) mass is 299 g/mol. The lowest BCUT2D eigenvalue weighted by Crippen LogP contribution is -2.27. The van der Waals surface area contributed by atoms with Crippen molar-refractivity contribution in [1.29, 1.82) is 0 Å². The van der Waals surface area contributed by atoms with Gasteiger partial charge >= 0.3 is 0 Å². The van der Waals surface area contributed by atoms with Crippen LogP contribution in [0.5, 0.6) is 0 Å². The molecule has 3 aromatic rings. The van der Waals surface area contributed by atoms with Crippen LogP contribution in [0.15, 0.2) is 48.8 Å². The van der Waals surface area contributed by atoms with Crippen molar-refractivity contribution < 1.29 is 8.42 Å². The third kappa shape index (κ3) is 2.08. The van der Waals surface area contributed by atoms with Crippen molar-refractivity contribution in [3.05, 3.63) is 48.8 Å². The molecule has 1 aliphatic heterocycles. The summed E-state index contributed by atoms with van der Waals surface area (Å²) in [7, 11) is -3.25. The summed E-state index contributed by atoms with van der Waals surface area (Å²) in [6, 6.07) is 14.1. The third-order valence-corrected chi connectivity index (χ3v) is 4.94. The van der Waals surface area contributed by atoms with Gasteiger partial charge in [0.2, 0.25) is 10.0 Å². The summed E-state index contributed by atoms with van der Waals surface area (Å²) in [6.45, 7) is 0.436. The Morgan fingerprint density at radius 2 is 1.90 bits per heavy atom. The summed E-state index contributed by atoms with van der Waals surface area (Å²) >= 11 is 0. The molecule has 0 aliphatic carbocycles. The molecule has 106 valence electrons. The zero-order chi connectivity index (χ0) is 14.4. The number of anilines is 1. The molecule has 0 spiro atoms. The molecule has 0 amide bonds. The van der Waals surface area contributed by atoms with Gasteiger partial charge in [-0.15, -0.1) is 0 Å². The van der Waals surface area contributed by atoms with Crippen LogP contribution >= 0.6 is 0 Å². The van der Waals surface area contributed by atoms with Crippen molar-refractivity contribution in [1.82, 2.24) is 9.55 Å². The first-order valence-electron chi connectivity index (χ1n) is 6.67. The molecular formula is C15H13N3O2S. The number of fused-ring (bicyclic) bond motifs is 2. The van der Waals surface area contributed by atoms with E-state index in [9.17, 15) is 8.42 Å². The number of aromatic nitrogens is 2. The molecule has 0 saturated heterocycles. The van der Waals surface area contributed by atoms with Gasteiger partial charge in [-0.3, -0.25) is 4.72 Å². The molecule has 0 fully saturated rings. The second kappa shape index (κ2) is 4.33. The van der Waals surface area contributed by atoms with Crippen LogP contribution in [0.25, 0.3) is 22.0 Å². The number of hydrogen-bond acceptors (Lipinski definition) is 3. The fourth-order valence-electron chi connectivity index (χ4n) is 2.62. The Morgan fingerprint density at radius 3 is 2.76 bits per heavy atom. The van der Waals surface area contributed by atoms with E-state index in [1.165, 1.54) is 0 Å². The lowest BCUT2D eigenvalue weighted by atomic mass is 10.1. The average Bonchev–Trinajstić information content (AvgIpc) is 2.88. The Labute approximate surface area is 122 Å². The molecule has 0 bridgehead atoms. The van der Waals surface area contributed by atoms with Crippen LogP contribution in [0.1, 0.15) is 0 Å². The Hall–Kier alpha value is -2.34. The number of benzene rings is 2. The van der Waals surface area contributed by atoms with Crippen molar-refractivity contribution in [2.75, 3.05) is 10.5 Å². The quantitative estimate of drug-likeness (QED) is 0.750. The predicted molar refractivity (Wildman–Crippen MR) is 82.6 cm³/mol. The van der Waals surface area contributed by atoms with Gasteiger partial charge in [0.1, 0.15) is 11.5 Å². The van der Waals surface area contributed by atoms with E-state index in [0.29, 0.717) is 18.1 Å². The van der Waals surface area contributed by atoms with E-state index in [2.05, 4.69) is 9.71 Å². The molecule has 6 heteroatoms. The van der Waals surface area contributed by atoms with Crippen LogP contribution in [0, 0.1) is 0 Å². The van der Waals surface area contributed by atoms with Crippen molar-refractivity contribution in [3.63, 3.8) is 0 Å². The smallest absolute Gasteiger partial charge is 0.235 e. The van der Waals surface area contributed by atoms with Crippen LogP contribution in [0.4, 0.5) is 5.82 Å². The minimum Gasteiger partial charge on any atom is -0.315 e. The lowest BCUT2D eigenvalue weighted by Gasteiger charge is -2.17. The number of nitrogens with zero attached hydrogens (tertiary/aromatic N) is 2. The molecule has 2 heterocycles. The van der Waals surface area contributed by atoms with E-state index < -0.39 is 10.0 Å². The number of rotatable bonds is 1. The molecule has 1 N–H and O–H groups in total. The third-order valence-electron chi connectivity index (χ3n) is 3.71. The minimum atomic E-state index is -3.25. The van der Waals surface area contributed by atoms with Gasteiger partial charge < -0.3 is 4.57 Å². The van der Waals surface area contributed by atoms with E-state index in [-0.39, 0.29) is 5.75 Å². The second-order valence-corrected chi connectivity index (χ2v) is 6.96. The lowest BCUT2D eigenvalue weighted by molar-refractivity contribution is 0.588. The van der Waals surface area contributed by atoms with Gasteiger partial charge in [0.05, 0.1) is 12.1 Å². The number of sulfonamides is 1. The van der Waals surface area contributed by atoms with Gasteiger partial charge in [-0.05, 0) is 16.8 Å².